The van der Waals surface area contributed by atoms with Gasteiger partial charge in [0.25, 0.3) is 0 Å². The van der Waals surface area contributed by atoms with Gasteiger partial charge in [-0.05, 0) is 47.6 Å². The predicted octanol–water partition coefficient (Wildman–Crippen LogP) is 4.57. The van der Waals surface area contributed by atoms with Crippen LogP contribution in [0.25, 0.3) is 0 Å². The van der Waals surface area contributed by atoms with Gasteiger partial charge in [-0.25, -0.2) is 4.68 Å². The number of hydrogen-bond donors (Lipinski definition) is 2. The van der Waals surface area contributed by atoms with Crippen molar-refractivity contribution in [1.29, 1.82) is 0 Å². The Hall–Kier alpha value is -2.02. The summed E-state index contributed by atoms with van der Waals surface area (Å²) in [5.74, 6) is 0.774. The van der Waals surface area contributed by atoms with Crippen LogP contribution in [0, 0.1) is 4.77 Å². The third-order valence-corrected chi connectivity index (χ3v) is 4.32. The van der Waals surface area contributed by atoms with Crippen LogP contribution < -0.4 is 10.2 Å². The maximum Gasteiger partial charge on any atom is 0.214 e. The summed E-state index contributed by atoms with van der Waals surface area (Å²) in [6.07, 6.45) is 1.59. The predicted molar refractivity (Wildman–Crippen MR) is 97.7 cm³/mol. The SMILES string of the molecule is S=c1[nH]ncn1NCc1cccc(OCc2ccc(Cl)c(Cl)c2)c1. The van der Waals surface area contributed by atoms with Gasteiger partial charge in [-0.3, -0.25) is 5.10 Å². The molecule has 124 valence electrons. The molecule has 0 amide bonds. The zero-order chi connectivity index (χ0) is 16.9. The molecule has 24 heavy (non-hydrogen) atoms. The molecular formula is C16H14Cl2N4OS. The molecule has 2 aromatic carbocycles. The molecule has 5 nitrogen and oxygen atoms in total. The molecule has 0 saturated carbocycles. The van der Waals surface area contributed by atoms with E-state index in [1.165, 1.54) is 0 Å². The van der Waals surface area contributed by atoms with Crippen molar-refractivity contribution in [2.24, 2.45) is 0 Å². The number of ether oxygens (including phenoxy) is 1. The number of H-pyrrole nitrogens is 1. The molecule has 0 unspecified atom stereocenters. The van der Waals surface area contributed by atoms with E-state index in [1.54, 1.807) is 23.1 Å². The van der Waals surface area contributed by atoms with Crippen molar-refractivity contribution < 1.29 is 4.74 Å². The highest BCUT2D eigenvalue weighted by molar-refractivity contribution is 7.71. The smallest absolute Gasteiger partial charge is 0.214 e. The zero-order valence-electron chi connectivity index (χ0n) is 12.5. The van der Waals surface area contributed by atoms with Gasteiger partial charge in [-0.1, -0.05) is 41.4 Å². The second-order valence-corrected chi connectivity index (χ2v) is 6.25. The van der Waals surface area contributed by atoms with E-state index in [0.29, 0.717) is 28.0 Å². The van der Waals surface area contributed by atoms with Crippen LogP contribution in [0.4, 0.5) is 0 Å². The summed E-state index contributed by atoms with van der Waals surface area (Å²) in [6, 6.07) is 13.3. The highest BCUT2D eigenvalue weighted by Crippen LogP contribution is 2.23. The molecule has 1 aromatic heterocycles. The summed E-state index contributed by atoms with van der Waals surface area (Å²) < 4.78 is 7.98. The second-order valence-electron chi connectivity index (χ2n) is 5.05. The van der Waals surface area contributed by atoms with Crippen LogP contribution in [0.2, 0.25) is 10.0 Å². The Balaban J connectivity index is 1.61. The third-order valence-electron chi connectivity index (χ3n) is 3.29. The average molecular weight is 381 g/mol. The van der Waals surface area contributed by atoms with Crippen LogP contribution >= 0.6 is 35.4 Å². The normalized spacial score (nSPS) is 10.6. The Morgan fingerprint density at radius 3 is 2.75 bits per heavy atom. The van der Waals surface area contributed by atoms with Gasteiger partial charge in [0, 0.05) is 0 Å². The standard InChI is InChI=1S/C16H14Cl2N4OS/c17-14-5-4-12(7-15(14)18)9-23-13-3-1-2-11(6-13)8-20-22-10-19-21-16(22)24/h1-7,10,20H,8-9H2,(H,21,24). The van der Waals surface area contributed by atoms with Crippen LogP contribution in [0.3, 0.4) is 0 Å². The number of nitrogens with one attached hydrogen (secondary N) is 2. The number of rotatable bonds is 6. The lowest BCUT2D eigenvalue weighted by Crippen LogP contribution is -2.13. The van der Waals surface area contributed by atoms with Gasteiger partial charge in [-0.2, -0.15) is 5.10 Å². The summed E-state index contributed by atoms with van der Waals surface area (Å²) in [5, 5.41) is 7.59. The van der Waals surface area contributed by atoms with E-state index in [2.05, 4.69) is 15.6 Å². The van der Waals surface area contributed by atoms with E-state index in [-0.39, 0.29) is 0 Å². The van der Waals surface area contributed by atoms with Crippen LogP contribution in [0.5, 0.6) is 5.75 Å². The fourth-order valence-electron chi connectivity index (χ4n) is 2.08. The van der Waals surface area contributed by atoms with E-state index < -0.39 is 0 Å². The van der Waals surface area contributed by atoms with Crippen LogP contribution in [-0.2, 0) is 13.2 Å². The molecule has 2 N–H and O–H groups in total. The van der Waals surface area contributed by atoms with Gasteiger partial charge < -0.3 is 10.2 Å². The van der Waals surface area contributed by atoms with Gasteiger partial charge in [0.2, 0.25) is 4.77 Å². The molecule has 0 aliphatic rings. The Morgan fingerprint density at radius 2 is 2.00 bits per heavy atom. The molecule has 0 atom stereocenters. The number of hydrogen-bond acceptors (Lipinski definition) is 4. The van der Waals surface area contributed by atoms with Crippen molar-refractivity contribution in [2.75, 3.05) is 5.43 Å². The molecule has 1 heterocycles. The molecule has 3 aromatic rings. The molecule has 8 heteroatoms. The van der Waals surface area contributed by atoms with Crippen molar-refractivity contribution in [2.45, 2.75) is 13.2 Å². The molecule has 0 aliphatic heterocycles. The van der Waals surface area contributed by atoms with Gasteiger partial charge >= 0.3 is 0 Å². The first-order chi connectivity index (χ1) is 11.6. The van der Waals surface area contributed by atoms with Crippen molar-refractivity contribution in [1.82, 2.24) is 14.9 Å². The minimum absolute atomic E-state index is 0.417. The van der Waals surface area contributed by atoms with E-state index in [9.17, 15) is 0 Å². The van der Waals surface area contributed by atoms with Crippen LogP contribution in [-0.4, -0.2) is 14.9 Å². The first-order valence-electron chi connectivity index (χ1n) is 7.13. The first kappa shape index (κ1) is 16.8. The minimum Gasteiger partial charge on any atom is -0.489 e. The molecule has 0 aliphatic carbocycles. The lowest BCUT2D eigenvalue weighted by atomic mass is 10.2. The summed E-state index contributed by atoms with van der Waals surface area (Å²) in [5.41, 5.74) is 5.17. The Kier molecular flexibility index (Phi) is 5.40. The largest absolute Gasteiger partial charge is 0.489 e. The maximum absolute atomic E-state index is 6.01. The number of aromatic nitrogens is 3. The van der Waals surface area contributed by atoms with Crippen molar-refractivity contribution in [3.05, 3.63) is 74.7 Å². The van der Waals surface area contributed by atoms with E-state index in [0.717, 1.165) is 16.9 Å². The summed E-state index contributed by atoms with van der Waals surface area (Å²) >= 11 is 17.0. The molecule has 0 fully saturated rings. The highest BCUT2D eigenvalue weighted by Gasteiger charge is 2.02. The molecule has 0 saturated heterocycles. The lowest BCUT2D eigenvalue weighted by molar-refractivity contribution is 0.306. The summed E-state index contributed by atoms with van der Waals surface area (Å²) in [4.78, 5) is 0. The van der Waals surface area contributed by atoms with Crippen molar-refractivity contribution in [3.63, 3.8) is 0 Å². The topological polar surface area (TPSA) is 54.9 Å². The Labute approximate surface area is 154 Å². The van der Waals surface area contributed by atoms with Crippen molar-refractivity contribution in [3.8, 4) is 5.75 Å². The van der Waals surface area contributed by atoms with Crippen molar-refractivity contribution >= 4 is 35.4 Å². The highest BCUT2D eigenvalue weighted by atomic mass is 35.5. The quantitative estimate of drug-likeness (QED) is 0.615. The molecule has 0 spiro atoms. The number of aromatic amines is 1. The molecule has 0 radical (unpaired) electrons. The fraction of sp³-hybridized carbons (Fsp3) is 0.125. The monoisotopic (exact) mass is 380 g/mol. The van der Waals surface area contributed by atoms with E-state index in [1.807, 2.05) is 30.3 Å². The fourth-order valence-corrected chi connectivity index (χ4v) is 2.56. The van der Waals surface area contributed by atoms with E-state index in [4.69, 9.17) is 40.2 Å². The van der Waals surface area contributed by atoms with Gasteiger partial charge in [0.1, 0.15) is 18.7 Å². The van der Waals surface area contributed by atoms with E-state index >= 15 is 0 Å². The zero-order valence-corrected chi connectivity index (χ0v) is 14.8. The summed E-state index contributed by atoms with van der Waals surface area (Å²) in [7, 11) is 0. The molecular weight excluding hydrogens is 367 g/mol. The Bertz CT molecular complexity index is 894. The van der Waals surface area contributed by atoms with Gasteiger partial charge in [0.15, 0.2) is 0 Å². The third kappa shape index (κ3) is 4.29. The first-order valence-corrected chi connectivity index (χ1v) is 8.30. The summed E-state index contributed by atoms with van der Waals surface area (Å²) in [6.45, 7) is 1.01. The van der Waals surface area contributed by atoms with Gasteiger partial charge in [0.05, 0.1) is 16.6 Å². The number of benzene rings is 2. The maximum atomic E-state index is 6.01. The second kappa shape index (κ2) is 7.70. The van der Waals surface area contributed by atoms with Crippen LogP contribution in [0.15, 0.2) is 48.8 Å². The number of nitrogens with zero attached hydrogens (tertiary/aromatic N) is 2. The average Bonchev–Trinajstić information content (AvgIpc) is 2.99. The Morgan fingerprint density at radius 1 is 1.12 bits per heavy atom. The number of halogens is 2. The van der Waals surface area contributed by atoms with Crippen LogP contribution in [0.1, 0.15) is 11.1 Å². The molecule has 3 rings (SSSR count). The minimum atomic E-state index is 0.417. The molecule has 0 bridgehead atoms. The van der Waals surface area contributed by atoms with Gasteiger partial charge in [-0.15, -0.1) is 0 Å². The lowest BCUT2D eigenvalue weighted by Gasteiger charge is -2.10.